The lowest BCUT2D eigenvalue weighted by molar-refractivity contribution is -0.226. The third-order valence-corrected chi connectivity index (χ3v) is 8.81. The molecule has 1 N–H and O–H groups in total. The van der Waals surface area contributed by atoms with E-state index in [4.69, 9.17) is 16.3 Å². The maximum Gasteiger partial charge on any atom is 0.0796 e. The van der Waals surface area contributed by atoms with Gasteiger partial charge in [0.1, 0.15) is 0 Å². The predicted octanol–water partition coefficient (Wildman–Crippen LogP) is 4.80. The first-order valence-electron chi connectivity index (χ1n) is 10.3. The first kappa shape index (κ1) is 20.9. The van der Waals surface area contributed by atoms with E-state index in [0.29, 0.717) is 6.42 Å². The molecule has 2 aliphatic carbocycles. The van der Waals surface area contributed by atoms with Gasteiger partial charge in [-0.15, -0.1) is 11.6 Å². The molecule has 5 heteroatoms. The average molecular weight is 393 g/mol. The molecule has 3 aliphatic rings. The third-order valence-electron chi connectivity index (χ3n) is 8.06. The smallest absolute Gasteiger partial charge is 0.0796 e. The summed E-state index contributed by atoms with van der Waals surface area (Å²) in [5.41, 5.74) is -2.28. The van der Waals surface area contributed by atoms with Crippen molar-refractivity contribution in [2.45, 2.75) is 95.3 Å². The van der Waals surface area contributed by atoms with Gasteiger partial charge in [0.05, 0.1) is 45.7 Å². The number of hydrogen-bond acceptors (Lipinski definition) is 4. The lowest BCUT2D eigenvalue weighted by Crippen LogP contribution is -2.62. The molecule has 3 rings (SSSR count). The summed E-state index contributed by atoms with van der Waals surface area (Å²) >= 11 is 6.52. The van der Waals surface area contributed by atoms with Crippen LogP contribution in [-0.2, 0) is 4.74 Å². The Kier molecular flexibility index (Phi) is 5.13. The van der Waals surface area contributed by atoms with Crippen LogP contribution in [0.4, 0.5) is 0 Å². The first-order valence-corrected chi connectivity index (χ1v) is 10.7. The number of ether oxygens (including phenoxy) is 1. The van der Waals surface area contributed by atoms with E-state index in [1.807, 2.05) is 20.8 Å². The van der Waals surface area contributed by atoms with Crippen molar-refractivity contribution in [3.8, 4) is 12.1 Å². The zero-order valence-electron chi connectivity index (χ0n) is 17.3. The van der Waals surface area contributed by atoms with Gasteiger partial charge in [-0.2, -0.15) is 10.5 Å². The van der Waals surface area contributed by atoms with Crippen molar-refractivity contribution in [3.63, 3.8) is 0 Å². The van der Waals surface area contributed by atoms with Crippen molar-refractivity contribution in [3.05, 3.63) is 0 Å². The standard InChI is InChI=1S/C22H33ClN2O2/c1-19(2)17(23)8-11-22(5,27-19)15-6-9-20(3,13-25)14-7-10-21(4,26)16(12-24)18(14)15/h14-18,26H,6-11H2,1-5H3. The van der Waals surface area contributed by atoms with Gasteiger partial charge in [-0.3, -0.25) is 0 Å². The second-order valence-corrected chi connectivity index (χ2v) is 10.9. The number of hydrogen-bond donors (Lipinski definition) is 1. The van der Waals surface area contributed by atoms with Crippen LogP contribution in [0.25, 0.3) is 0 Å². The zero-order chi connectivity index (χ0) is 20.3. The number of fused-ring (bicyclic) bond motifs is 1. The molecular weight excluding hydrogens is 360 g/mol. The molecule has 1 saturated heterocycles. The monoisotopic (exact) mass is 392 g/mol. The van der Waals surface area contributed by atoms with Crippen LogP contribution in [0.15, 0.2) is 0 Å². The molecule has 0 amide bonds. The Balaban J connectivity index is 2.03. The molecule has 3 fully saturated rings. The summed E-state index contributed by atoms with van der Waals surface area (Å²) in [5.74, 6) is -0.261. The minimum atomic E-state index is -1.02. The zero-order valence-corrected chi connectivity index (χ0v) is 18.0. The number of halogens is 1. The van der Waals surface area contributed by atoms with Crippen LogP contribution in [0.2, 0.25) is 0 Å². The van der Waals surface area contributed by atoms with Crippen LogP contribution in [0.3, 0.4) is 0 Å². The van der Waals surface area contributed by atoms with Gasteiger partial charge in [0.25, 0.3) is 0 Å². The van der Waals surface area contributed by atoms with Crippen molar-refractivity contribution in [1.29, 1.82) is 10.5 Å². The molecule has 0 radical (unpaired) electrons. The van der Waals surface area contributed by atoms with Gasteiger partial charge in [0.15, 0.2) is 0 Å². The molecule has 1 aliphatic heterocycles. The molecule has 0 aromatic rings. The topological polar surface area (TPSA) is 77.0 Å². The molecule has 0 aromatic carbocycles. The lowest BCUT2D eigenvalue weighted by atomic mass is 9.47. The molecule has 0 spiro atoms. The molecular formula is C22H33ClN2O2. The summed E-state index contributed by atoms with van der Waals surface area (Å²) < 4.78 is 6.62. The summed E-state index contributed by atoms with van der Waals surface area (Å²) in [6.45, 7) is 10.1. The highest BCUT2D eigenvalue weighted by Crippen LogP contribution is 2.61. The predicted molar refractivity (Wildman–Crippen MR) is 105 cm³/mol. The van der Waals surface area contributed by atoms with Crippen molar-refractivity contribution in [2.24, 2.45) is 29.1 Å². The Morgan fingerprint density at radius 3 is 2.15 bits per heavy atom. The Hall–Kier alpha value is -0.810. The third kappa shape index (κ3) is 3.29. The number of alkyl halides is 1. The first-order chi connectivity index (χ1) is 12.4. The van der Waals surface area contributed by atoms with Gasteiger partial charge < -0.3 is 9.84 Å². The minimum Gasteiger partial charge on any atom is -0.389 e. The molecule has 0 bridgehead atoms. The average Bonchev–Trinajstić information content (AvgIpc) is 2.57. The Morgan fingerprint density at radius 1 is 0.963 bits per heavy atom. The lowest BCUT2D eigenvalue weighted by Gasteiger charge is -2.60. The van der Waals surface area contributed by atoms with Gasteiger partial charge in [-0.25, -0.2) is 0 Å². The van der Waals surface area contributed by atoms with Crippen LogP contribution in [0.1, 0.15) is 73.1 Å². The van der Waals surface area contributed by atoms with Gasteiger partial charge >= 0.3 is 0 Å². The highest BCUT2D eigenvalue weighted by Gasteiger charge is 2.61. The summed E-state index contributed by atoms with van der Waals surface area (Å²) in [6.07, 6.45) is 4.75. The normalized spacial score (nSPS) is 52.3. The van der Waals surface area contributed by atoms with E-state index in [1.165, 1.54) is 0 Å². The van der Waals surface area contributed by atoms with E-state index in [9.17, 15) is 15.6 Å². The van der Waals surface area contributed by atoms with E-state index < -0.39 is 28.1 Å². The van der Waals surface area contributed by atoms with E-state index >= 15 is 0 Å². The molecule has 0 aromatic heterocycles. The highest BCUT2D eigenvalue weighted by atomic mass is 35.5. The quantitative estimate of drug-likeness (QED) is 0.650. The maximum absolute atomic E-state index is 11.0. The SMILES string of the molecule is CC1(O)CCC2C(C1C#N)C(C1(C)CCC(Cl)C(C)(C)O1)CCC2(C)C#N. The van der Waals surface area contributed by atoms with Crippen molar-refractivity contribution < 1.29 is 9.84 Å². The Morgan fingerprint density at radius 2 is 1.59 bits per heavy atom. The molecule has 8 atom stereocenters. The number of nitrogens with zero attached hydrogens (tertiary/aromatic N) is 2. The van der Waals surface area contributed by atoms with E-state index in [1.54, 1.807) is 6.92 Å². The fourth-order valence-electron chi connectivity index (χ4n) is 6.35. The molecule has 1 heterocycles. The molecule has 8 unspecified atom stereocenters. The summed E-state index contributed by atoms with van der Waals surface area (Å²) in [6, 6.07) is 4.99. The summed E-state index contributed by atoms with van der Waals surface area (Å²) in [4.78, 5) is 0. The fourth-order valence-corrected chi connectivity index (χ4v) is 6.50. The van der Waals surface area contributed by atoms with Gasteiger partial charge in [-0.05, 0) is 90.9 Å². The largest absolute Gasteiger partial charge is 0.389 e. The van der Waals surface area contributed by atoms with Crippen molar-refractivity contribution in [2.75, 3.05) is 0 Å². The van der Waals surface area contributed by atoms with Crippen molar-refractivity contribution in [1.82, 2.24) is 0 Å². The molecule has 150 valence electrons. The summed E-state index contributed by atoms with van der Waals surface area (Å²) in [5, 5.41) is 30.9. The van der Waals surface area contributed by atoms with Crippen LogP contribution in [0.5, 0.6) is 0 Å². The maximum atomic E-state index is 11.0. The van der Waals surface area contributed by atoms with Crippen LogP contribution < -0.4 is 0 Å². The second kappa shape index (κ2) is 6.62. The Bertz CT molecular complexity index is 679. The van der Waals surface area contributed by atoms with Gasteiger partial charge in [-0.1, -0.05) is 0 Å². The fraction of sp³-hybridized carbons (Fsp3) is 0.909. The Labute approximate surface area is 168 Å². The number of aliphatic hydroxyl groups is 1. The van der Waals surface area contributed by atoms with E-state index in [0.717, 1.165) is 32.1 Å². The molecule has 2 saturated carbocycles. The number of nitriles is 2. The van der Waals surface area contributed by atoms with Gasteiger partial charge in [0.2, 0.25) is 0 Å². The van der Waals surface area contributed by atoms with E-state index in [-0.39, 0.29) is 23.1 Å². The van der Waals surface area contributed by atoms with Crippen molar-refractivity contribution >= 4 is 11.6 Å². The minimum absolute atomic E-state index is 0.0319. The van der Waals surface area contributed by atoms with Crippen LogP contribution >= 0.6 is 11.6 Å². The summed E-state index contributed by atoms with van der Waals surface area (Å²) in [7, 11) is 0. The molecule has 4 nitrogen and oxygen atoms in total. The van der Waals surface area contributed by atoms with Crippen LogP contribution in [0, 0.1) is 51.7 Å². The second-order valence-electron chi connectivity index (χ2n) is 10.4. The molecule has 27 heavy (non-hydrogen) atoms. The number of rotatable bonds is 1. The van der Waals surface area contributed by atoms with E-state index in [2.05, 4.69) is 19.1 Å². The highest BCUT2D eigenvalue weighted by molar-refractivity contribution is 6.21. The van der Waals surface area contributed by atoms with Gasteiger partial charge in [0, 0.05) is 0 Å². The van der Waals surface area contributed by atoms with Crippen LogP contribution in [-0.4, -0.2) is 27.3 Å².